The molecular formula is C5H16O3. The highest BCUT2D eigenvalue weighted by atomic mass is 16.2. The Labute approximate surface area is 50.0 Å². The average Bonchev–Trinajstić information content (AvgIpc) is 1.61. The van der Waals surface area contributed by atoms with E-state index in [-0.39, 0.29) is 11.0 Å². The maximum atomic E-state index is 8.20. The molecule has 5 N–H and O–H groups in total. The Hall–Kier alpha value is -0.120. The average molecular weight is 124 g/mol. The number of hydrogen-bond donors (Lipinski definition) is 1. The summed E-state index contributed by atoms with van der Waals surface area (Å²) in [5, 5.41) is 8.20. The SMILES string of the molecule is CCCCCO.O.O. The molecule has 0 heterocycles. The molecule has 8 heavy (non-hydrogen) atoms. The van der Waals surface area contributed by atoms with Gasteiger partial charge in [0.15, 0.2) is 0 Å². The van der Waals surface area contributed by atoms with Crippen molar-refractivity contribution in [3.63, 3.8) is 0 Å². The standard InChI is InChI=1S/C5H12O.2H2O/c1-2-3-4-5-6;;/h6H,2-5H2,1H3;2*1H2. The lowest BCUT2D eigenvalue weighted by Crippen LogP contribution is -1.78. The molecule has 0 bridgehead atoms. The summed E-state index contributed by atoms with van der Waals surface area (Å²) in [5.41, 5.74) is 0. The van der Waals surface area contributed by atoms with E-state index in [0.717, 1.165) is 12.8 Å². The van der Waals surface area contributed by atoms with Crippen LogP contribution < -0.4 is 0 Å². The van der Waals surface area contributed by atoms with Crippen LogP contribution in [-0.4, -0.2) is 22.7 Å². The Morgan fingerprint density at radius 3 is 1.75 bits per heavy atom. The Balaban J connectivity index is -0.000000125. The van der Waals surface area contributed by atoms with Gasteiger partial charge in [0.1, 0.15) is 0 Å². The molecule has 0 aliphatic rings. The summed E-state index contributed by atoms with van der Waals surface area (Å²) in [6.45, 7) is 2.48. The number of rotatable bonds is 3. The summed E-state index contributed by atoms with van der Waals surface area (Å²) < 4.78 is 0. The summed E-state index contributed by atoms with van der Waals surface area (Å²) >= 11 is 0. The predicted octanol–water partition coefficient (Wildman–Crippen LogP) is -0.480. The molecule has 0 spiro atoms. The molecular weight excluding hydrogens is 108 g/mol. The van der Waals surface area contributed by atoms with Gasteiger partial charge in [-0.05, 0) is 6.42 Å². The van der Waals surface area contributed by atoms with Gasteiger partial charge >= 0.3 is 0 Å². The molecule has 0 aliphatic heterocycles. The first kappa shape index (κ1) is 15.7. The minimum Gasteiger partial charge on any atom is -0.412 e. The zero-order valence-corrected chi connectivity index (χ0v) is 5.28. The highest BCUT2D eigenvalue weighted by Gasteiger charge is 1.76. The van der Waals surface area contributed by atoms with Crippen LogP contribution in [0, 0.1) is 0 Å². The maximum absolute atomic E-state index is 8.20. The van der Waals surface area contributed by atoms with E-state index in [4.69, 9.17) is 5.11 Å². The minimum absolute atomic E-state index is 0. The first-order valence-corrected chi connectivity index (χ1v) is 2.52. The molecule has 0 aliphatic carbocycles. The van der Waals surface area contributed by atoms with E-state index in [2.05, 4.69) is 6.92 Å². The molecule has 0 aromatic carbocycles. The molecule has 0 saturated heterocycles. The minimum atomic E-state index is 0. The third-order valence-corrected chi connectivity index (χ3v) is 0.762. The van der Waals surface area contributed by atoms with Gasteiger partial charge in [0.2, 0.25) is 0 Å². The Morgan fingerprint density at radius 1 is 1.12 bits per heavy atom. The quantitative estimate of drug-likeness (QED) is 0.506. The molecule has 0 unspecified atom stereocenters. The van der Waals surface area contributed by atoms with Gasteiger partial charge in [-0.2, -0.15) is 0 Å². The molecule has 0 fully saturated rings. The van der Waals surface area contributed by atoms with Crippen molar-refractivity contribution in [3.8, 4) is 0 Å². The van der Waals surface area contributed by atoms with Crippen molar-refractivity contribution in [2.75, 3.05) is 6.61 Å². The molecule has 0 saturated carbocycles. The van der Waals surface area contributed by atoms with E-state index in [1.54, 1.807) is 0 Å². The second kappa shape index (κ2) is 15.8. The fraction of sp³-hybridized carbons (Fsp3) is 1.00. The van der Waals surface area contributed by atoms with E-state index in [1.165, 1.54) is 6.42 Å². The van der Waals surface area contributed by atoms with Crippen LogP contribution in [0.2, 0.25) is 0 Å². The van der Waals surface area contributed by atoms with Crippen LogP contribution in [0.4, 0.5) is 0 Å². The van der Waals surface area contributed by atoms with Gasteiger partial charge in [0, 0.05) is 6.61 Å². The highest BCUT2D eigenvalue weighted by Crippen LogP contribution is 1.89. The zero-order chi connectivity index (χ0) is 4.83. The summed E-state index contributed by atoms with van der Waals surface area (Å²) in [5.74, 6) is 0. The van der Waals surface area contributed by atoms with Gasteiger partial charge in [-0.3, -0.25) is 0 Å². The molecule has 54 valence electrons. The van der Waals surface area contributed by atoms with Crippen molar-refractivity contribution in [2.24, 2.45) is 0 Å². The monoisotopic (exact) mass is 124 g/mol. The molecule has 0 amide bonds. The molecule has 3 heteroatoms. The summed E-state index contributed by atoms with van der Waals surface area (Å²) in [6.07, 6.45) is 3.33. The van der Waals surface area contributed by atoms with Crippen molar-refractivity contribution in [1.82, 2.24) is 0 Å². The number of hydrogen-bond acceptors (Lipinski definition) is 1. The molecule has 3 nitrogen and oxygen atoms in total. The maximum Gasteiger partial charge on any atom is 0.0431 e. The lowest BCUT2D eigenvalue weighted by molar-refractivity contribution is 0.284. The van der Waals surface area contributed by atoms with Crippen molar-refractivity contribution in [2.45, 2.75) is 26.2 Å². The first-order chi connectivity index (χ1) is 2.91. The van der Waals surface area contributed by atoms with Crippen LogP contribution in [0.15, 0.2) is 0 Å². The van der Waals surface area contributed by atoms with Crippen LogP contribution >= 0.6 is 0 Å². The number of aliphatic hydroxyl groups is 1. The molecule has 0 radical (unpaired) electrons. The van der Waals surface area contributed by atoms with Gasteiger partial charge < -0.3 is 16.1 Å². The Kier molecular flexibility index (Phi) is 30.9. The topological polar surface area (TPSA) is 83.2 Å². The van der Waals surface area contributed by atoms with Gasteiger partial charge in [-0.15, -0.1) is 0 Å². The van der Waals surface area contributed by atoms with E-state index in [1.807, 2.05) is 0 Å². The van der Waals surface area contributed by atoms with E-state index >= 15 is 0 Å². The third-order valence-electron chi connectivity index (χ3n) is 0.762. The normalized spacial score (nSPS) is 6.75. The fourth-order valence-electron chi connectivity index (χ4n) is 0.362. The largest absolute Gasteiger partial charge is 0.412 e. The summed E-state index contributed by atoms with van der Waals surface area (Å²) in [7, 11) is 0. The fourth-order valence-corrected chi connectivity index (χ4v) is 0.362. The number of unbranched alkanes of at least 4 members (excludes halogenated alkanes) is 2. The lowest BCUT2D eigenvalue weighted by Gasteiger charge is -1.85. The highest BCUT2D eigenvalue weighted by molar-refractivity contribution is 4.30. The van der Waals surface area contributed by atoms with Crippen LogP contribution in [0.5, 0.6) is 0 Å². The smallest absolute Gasteiger partial charge is 0.0431 e. The van der Waals surface area contributed by atoms with E-state index < -0.39 is 0 Å². The van der Waals surface area contributed by atoms with Crippen molar-refractivity contribution in [1.29, 1.82) is 0 Å². The van der Waals surface area contributed by atoms with Gasteiger partial charge in [-0.1, -0.05) is 19.8 Å². The van der Waals surface area contributed by atoms with Crippen LogP contribution in [-0.2, 0) is 0 Å². The van der Waals surface area contributed by atoms with E-state index in [0.29, 0.717) is 6.61 Å². The zero-order valence-electron chi connectivity index (χ0n) is 5.28. The molecule has 0 atom stereocenters. The van der Waals surface area contributed by atoms with Crippen LogP contribution in [0.3, 0.4) is 0 Å². The van der Waals surface area contributed by atoms with Gasteiger partial charge in [-0.25, -0.2) is 0 Å². The van der Waals surface area contributed by atoms with Crippen LogP contribution in [0.1, 0.15) is 26.2 Å². The second-order valence-electron chi connectivity index (χ2n) is 1.43. The lowest BCUT2D eigenvalue weighted by atomic mass is 10.3. The van der Waals surface area contributed by atoms with E-state index in [9.17, 15) is 0 Å². The summed E-state index contributed by atoms with van der Waals surface area (Å²) in [6, 6.07) is 0. The van der Waals surface area contributed by atoms with Crippen molar-refractivity contribution < 1.29 is 16.1 Å². The second-order valence-corrected chi connectivity index (χ2v) is 1.43. The molecule has 0 rings (SSSR count). The Bertz CT molecular complexity index is 19.6. The van der Waals surface area contributed by atoms with Gasteiger partial charge in [0.25, 0.3) is 0 Å². The van der Waals surface area contributed by atoms with Crippen molar-refractivity contribution in [3.05, 3.63) is 0 Å². The summed E-state index contributed by atoms with van der Waals surface area (Å²) in [4.78, 5) is 0. The van der Waals surface area contributed by atoms with Gasteiger partial charge in [0.05, 0.1) is 0 Å². The third kappa shape index (κ3) is 16.9. The molecule has 0 aromatic heterocycles. The van der Waals surface area contributed by atoms with Crippen LogP contribution in [0.25, 0.3) is 0 Å². The number of aliphatic hydroxyl groups excluding tert-OH is 1. The Morgan fingerprint density at radius 2 is 1.62 bits per heavy atom. The van der Waals surface area contributed by atoms with Crippen molar-refractivity contribution >= 4 is 0 Å². The predicted molar refractivity (Wildman–Crippen MR) is 33.8 cm³/mol. The first-order valence-electron chi connectivity index (χ1n) is 2.52. The molecule has 0 aromatic rings.